The normalized spacial score (nSPS) is 10.8. The second kappa shape index (κ2) is 9.98. The topological polar surface area (TPSA) is 77.8 Å². The number of hydrogen-bond acceptors (Lipinski definition) is 5. The van der Waals surface area contributed by atoms with Gasteiger partial charge in [0, 0.05) is 11.1 Å². The summed E-state index contributed by atoms with van der Waals surface area (Å²) in [5, 5.41) is 3.78. The SMILES string of the molecule is CCc1ccccc1Oc1coc2cc(OCC(=O)Nc3cc(Cl)ccc3Cl)ccc2c1=O. The number of para-hydroxylation sites is 1. The van der Waals surface area contributed by atoms with E-state index in [0.29, 0.717) is 38.2 Å². The van der Waals surface area contributed by atoms with Gasteiger partial charge in [-0.05, 0) is 48.4 Å². The van der Waals surface area contributed by atoms with Gasteiger partial charge in [0.05, 0.1) is 16.1 Å². The molecule has 0 unspecified atom stereocenters. The van der Waals surface area contributed by atoms with E-state index in [1.54, 1.807) is 42.5 Å². The van der Waals surface area contributed by atoms with Crippen LogP contribution in [0, 0.1) is 0 Å². The van der Waals surface area contributed by atoms with Gasteiger partial charge in [-0.3, -0.25) is 9.59 Å². The zero-order chi connectivity index (χ0) is 23.4. The third kappa shape index (κ3) is 5.30. The molecular weight excluding hydrogens is 465 g/mol. The van der Waals surface area contributed by atoms with Crippen molar-refractivity contribution in [3.8, 4) is 17.2 Å². The Morgan fingerprint density at radius 1 is 1.03 bits per heavy atom. The standard InChI is InChI=1S/C25H19Cl2NO5/c1-2-15-5-3-4-6-21(15)33-23-13-32-22-12-17(8-9-18(22)25(23)30)31-14-24(29)28-20-11-16(26)7-10-19(20)27/h3-13H,2,14H2,1H3,(H,28,29). The Labute approximate surface area is 199 Å². The highest BCUT2D eigenvalue weighted by Gasteiger charge is 2.13. The highest BCUT2D eigenvalue weighted by atomic mass is 35.5. The number of nitrogens with one attached hydrogen (secondary N) is 1. The maximum atomic E-state index is 12.9. The molecule has 3 aromatic carbocycles. The van der Waals surface area contributed by atoms with E-state index in [1.165, 1.54) is 6.26 Å². The Hall–Kier alpha value is -3.48. The van der Waals surface area contributed by atoms with E-state index in [2.05, 4.69) is 5.32 Å². The van der Waals surface area contributed by atoms with E-state index in [0.717, 1.165) is 12.0 Å². The highest BCUT2D eigenvalue weighted by molar-refractivity contribution is 6.35. The monoisotopic (exact) mass is 483 g/mol. The van der Waals surface area contributed by atoms with Crippen molar-refractivity contribution in [2.45, 2.75) is 13.3 Å². The van der Waals surface area contributed by atoms with Crippen LogP contribution in [-0.2, 0) is 11.2 Å². The smallest absolute Gasteiger partial charge is 0.262 e. The molecule has 1 N–H and O–H groups in total. The zero-order valence-corrected chi connectivity index (χ0v) is 19.1. The molecule has 0 aliphatic carbocycles. The van der Waals surface area contributed by atoms with Crippen molar-refractivity contribution in [2.24, 2.45) is 0 Å². The van der Waals surface area contributed by atoms with Crippen LogP contribution in [0.3, 0.4) is 0 Å². The minimum absolute atomic E-state index is 0.0925. The first-order valence-corrected chi connectivity index (χ1v) is 10.9. The molecule has 0 radical (unpaired) electrons. The van der Waals surface area contributed by atoms with Crippen LogP contribution in [0.1, 0.15) is 12.5 Å². The molecule has 6 nitrogen and oxygen atoms in total. The molecule has 4 rings (SSSR count). The number of fused-ring (bicyclic) bond motifs is 1. The first-order valence-electron chi connectivity index (χ1n) is 10.1. The van der Waals surface area contributed by atoms with Crippen LogP contribution >= 0.6 is 23.2 Å². The predicted octanol–water partition coefficient (Wildman–Crippen LogP) is 6.47. The molecule has 0 aliphatic heterocycles. The summed E-state index contributed by atoms with van der Waals surface area (Å²) in [4.78, 5) is 25.1. The molecule has 0 aliphatic rings. The van der Waals surface area contributed by atoms with Crippen LogP contribution in [0.15, 0.2) is 76.1 Å². The first kappa shape index (κ1) is 22.7. The van der Waals surface area contributed by atoms with Crippen LogP contribution < -0.4 is 20.2 Å². The lowest BCUT2D eigenvalue weighted by molar-refractivity contribution is -0.118. The van der Waals surface area contributed by atoms with E-state index in [-0.39, 0.29) is 17.8 Å². The van der Waals surface area contributed by atoms with Gasteiger partial charge >= 0.3 is 0 Å². The molecule has 0 saturated carbocycles. The molecule has 1 amide bonds. The summed E-state index contributed by atoms with van der Waals surface area (Å²) in [7, 11) is 0. The number of anilines is 1. The molecule has 0 spiro atoms. The molecule has 4 aromatic rings. The lowest BCUT2D eigenvalue weighted by Crippen LogP contribution is -2.20. The number of carbonyl (C=O) groups is 1. The zero-order valence-electron chi connectivity index (χ0n) is 17.6. The van der Waals surface area contributed by atoms with Crippen LogP contribution in [0.4, 0.5) is 5.69 Å². The molecule has 168 valence electrons. The van der Waals surface area contributed by atoms with Crippen molar-refractivity contribution in [3.05, 3.63) is 92.8 Å². The number of ether oxygens (including phenoxy) is 2. The van der Waals surface area contributed by atoms with Crippen LogP contribution in [0.25, 0.3) is 11.0 Å². The summed E-state index contributed by atoms with van der Waals surface area (Å²) in [6.45, 7) is 1.74. The van der Waals surface area contributed by atoms with Gasteiger partial charge < -0.3 is 19.2 Å². The van der Waals surface area contributed by atoms with Gasteiger partial charge in [0.25, 0.3) is 5.91 Å². The van der Waals surface area contributed by atoms with Gasteiger partial charge in [-0.15, -0.1) is 0 Å². The van der Waals surface area contributed by atoms with Crippen LogP contribution in [0.5, 0.6) is 17.2 Å². The summed E-state index contributed by atoms with van der Waals surface area (Å²) in [6.07, 6.45) is 2.04. The quantitative estimate of drug-likeness (QED) is 0.325. The number of rotatable bonds is 7. The Morgan fingerprint density at radius 3 is 2.67 bits per heavy atom. The lowest BCUT2D eigenvalue weighted by atomic mass is 10.1. The molecule has 0 fully saturated rings. The van der Waals surface area contributed by atoms with E-state index >= 15 is 0 Å². The van der Waals surface area contributed by atoms with E-state index in [1.807, 2.05) is 25.1 Å². The fourth-order valence-electron chi connectivity index (χ4n) is 3.19. The maximum Gasteiger partial charge on any atom is 0.262 e. The number of hydrogen-bond donors (Lipinski definition) is 1. The number of benzene rings is 3. The van der Waals surface area contributed by atoms with Gasteiger partial charge in [-0.2, -0.15) is 0 Å². The Morgan fingerprint density at radius 2 is 1.85 bits per heavy atom. The van der Waals surface area contributed by atoms with Crippen molar-refractivity contribution in [2.75, 3.05) is 11.9 Å². The Bertz CT molecular complexity index is 1380. The minimum Gasteiger partial charge on any atom is -0.484 e. The fraction of sp³-hybridized carbons (Fsp3) is 0.120. The molecule has 0 saturated heterocycles. The summed E-state index contributed by atoms with van der Waals surface area (Å²) >= 11 is 12.0. The molecule has 0 atom stereocenters. The molecule has 1 heterocycles. The Balaban J connectivity index is 1.47. The molecule has 8 heteroatoms. The number of aryl methyl sites for hydroxylation is 1. The molecule has 1 aromatic heterocycles. The van der Waals surface area contributed by atoms with E-state index in [4.69, 9.17) is 37.1 Å². The fourth-order valence-corrected chi connectivity index (χ4v) is 3.53. The Kier molecular flexibility index (Phi) is 6.87. The summed E-state index contributed by atoms with van der Waals surface area (Å²) in [5.41, 5.74) is 1.38. The van der Waals surface area contributed by atoms with Crippen molar-refractivity contribution in [1.29, 1.82) is 0 Å². The second-order valence-corrected chi connectivity index (χ2v) is 7.96. The summed E-state index contributed by atoms with van der Waals surface area (Å²) < 4.78 is 16.9. The largest absolute Gasteiger partial charge is 0.484 e. The summed E-state index contributed by atoms with van der Waals surface area (Å²) in [6, 6.07) is 17.0. The van der Waals surface area contributed by atoms with Crippen LogP contribution in [0.2, 0.25) is 10.0 Å². The van der Waals surface area contributed by atoms with Gasteiger partial charge in [-0.1, -0.05) is 48.3 Å². The van der Waals surface area contributed by atoms with Crippen molar-refractivity contribution < 1.29 is 18.7 Å². The van der Waals surface area contributed by atoms with Crippen LogP contribution in [-0.4, -0.2) is 12.5 Å². The average molecular weight is 484 g/mol. The summed E-state index contributed by atoms with van der Waals surface area (Å²) in [5.74, 6) is 0.648. The van der Waals surface area contributed by atoms with Crippen molar-refractivity contribution in [1.82, 2.24) is 0 Å². The lowest BCUT2D eigenvalue weighted by Gasteiger charge is -2.11. The molecule has 33 heavy (non-hydrogen) atoms. The first-order chi connectivity index (χ1) is 15.9. The molecule has 0 bridgehead atoms. The number of carbonyl (C=O) groups excluding carboxylic acids is 1. The maximum absolute atomic E-state index is 12.9. The predicted molar refractivity (Wildman–Crippen MR) is 129 cm³/mol. The minimum atomic E-state index is -0.418. The second-order valence-electron chi connectivity index (χ2n) is 7.11. The molecular formula is C25H19Cl2NO5. The average Bonchev–Trinajstić information content (AvgIpc) is 2.82. The highest BCUT2D eigenvalue weighted by Crippen LogP contribution is 2.27. The third-order valence-electron chi connectivity index (χ3n) is 4.86. The van der Waals surface area contributed by atoms with Gasteiger partial charge in [0.15, 0.2) is 6.61 Å². The number of amides is 1. The van der Waals surface area contributed by atoms with Crippen molar-refractivity contribution in [3.63, 3.8) is 0 Å². The van der Waals surface area contributed by atoms with Gasteiger partial charge in [0.1, 0.15) is 23.3 Å². The van der Waals surface area contributed by atoms with Gasteiger partial charge in [0.2, 0.25) is 11.2 Å². The van der Waals surface area contributed by atoms with E-state index in [9.17, 15) is 9.59 Å². The van der Waals surface area contributed by atoms with Crippen molar-refractivity contribution >= 4 is 45.8 Å². The number of halogens is 2. The van der Waals surface area contributed by atoms with E-state index < -0.39 is 5.91 Å². The van der Waals surface area contributed by atoms with Gasteiger partial charge in [-0.25, -0.2) is 0 Å². The third-order valence-corrected chi connectivity index (χ3v) is 5.42.